The largest absolute Gasteiger partial charge is 0.378 e. The highest BCUT2D eigenvalue weighted by molar-refractivity contribution is 5.76. The number of hydrogen-bond donors (Lipinski definition) is 1. The maximum absolute atomic E-state index is 11.9. The Labute approximate surface area is 120 Å². The van der Waals surface area contributed by atoms with Crippen molar-refractivity contribution in [3.63, 3.8) is 0 Å². The van der Waals surface area contributed by atoms with Gasteiger partial charge in [0.2, 0.25) is 5.91 Å². The van der Waals surface area contributed by atoms with Crippen molar-refractivity contribution in [3.05, 3.63) is 35.9 Å². The van der Waals surface area contributed by atoms with Crippen LogP contribution in [0.3, 0.4) is 0 Å². The fourth-order valence-corrected chi connectivity index (χ4v) is 3.03. The zero-order chi connectivity index (χ0) is 13.8. The minimum Gasteiger partial charge on any atom is -0.378 e. The summed E-state index contributed by atoms with van der Waals surface area (Å²) < 4.78 is 5.55. The molecule has 1 aliphatic heterocycles. The highest BCUT2D eigenvalue weighted by atomic mass is 16.5. The molecule has 0 unspecified atom stereocenters. The summed E-state index contributed by atoms with van der Waals surface area (Å²) in [6.07, 6.45) is 6.39. The predicted octanol–water partition coefficient (Wildman–Crippen LogP) is 2.79. The lowest BCUT2D eigenvalue weighted by Gasteiger charge is -2.17. The molecular formula is C17H23NO2. The first-order valence-corrected chi connectivity index (χ1v) is 7.72. The van der Waals surface area contributed by atoms with E-state index in [9.17, 15) is 4.79 Å². The molecule has 1 aliphatic carbocycles. The lowest BCUT2D eigenvalue weighted by Crippen LogP contribution is -2.32. The molecule has 1 saturated carbocycles. The molecule has 0 radical (unpaired) electrons. The van der Waals surface area contributed by atoms with Gasteiger partial charge in [-0.2, -0.15) is 0 Å². The summed E-state index contributed by atoms with van der Waals surface area (Å²) in [5.41, 5.74) is 1.57. The van der Waals surface area contributed by atoms with E-state index in [1.807, 2.05) is 6.07 Å². The molecule has 1 amide bonds. The van der Waals surface area contributed by atoms with Crippen molar-refractivity contribution in [3.8, 4) is 0 Å². The molecule has 1 aromatic carbocycles. The van der Waals surface area contributed by atoms with E-state index in [1.54, 1.807) is 0 Å². The molecule has 1 atom stereocenters. The van der Waals surface area contributed by atoms with Crippen molar-refractivity contribution < 1.29 is 9.53 Å². The van der Waals surface area contributed by atoms with Crippen LogP contribution in [0, 0.1) is 0 Å². The van der Waals surface area contributed by atoms with Gasteiger partial charge in [0.05, 0.1) is 6.10 Å². The second kappa shape index (κ2) is 5.96. The van der Waals surface area contributed by atoms with Crippen molar-refractivity contribution in [1.82, 2.24) is 5.32 Å². The van der Waals surface area contributed by atoms with Crippen LogP contribution in [0.15, 0.2) is 30.3 Å². The quantitative estimate of drug-likeness (QED) is 0.865. The maximum Gasteiger partial charge on any atom is 0.220 e. The van der Waals surface area contributed by atoms with Crippen molar-refractivity contribution in [1.29, 1.82) is 0 Å². The fraction of sp³-hybridized carbons (Fsp3) is 0.588. The van der Waals surface area contributed by atoms with Gasteiger partial charge in [-0.3, -0.25) is 4.79 Å². The van der Waals surface area contributed by atoms with Crippen molar-refractivity contribution in [2.45, 2.75) is 50.0 Å². The Morgan fingerprint density at radius 1 is 1.30 bits per heavy atom. The minimum atomic E-state index is 0.169. The minimum absolute atomic E-state index is 0.169. The van der Waals surface area contributed by atoms with Gasteiger partial charge in [0.25, 0.3) is 0 Å². The van der Waals surface area contributed by atoms with E-state index in [4.69, 9.17) is 4.74 Å². The monoisotopic (exact) mass is 273 g/mol. The van der Waals surface area contributed by atoms with Gasteiger partial charge >= 0.3 is 0 Å². The third kappa shape index (κ3) is 3.21. The third-order valence-corrected chi connectivity index (χ3v) is 4.58. The number of nitrogens with one attached hydrogen (secondary N) is 1. The number of carbonyl (C=O) groups excluding carboxylic acids is 1. The summed E-state index contributed by atoms with van der Waals surface area (Å²) in [5.74, 6) is 0.169. The predicted molar refractivity (Wildman–Crippen MR) is 78.6 cm³/mol. The molecule has 1 saturated heterocycles. The molecule has 0 spiro atoms. The van der Waals surface area contributed by atoms with Crippen LogP contribution in [-0.2, 0) is 14.9 Å². The van der Waals surface area contributed by atoms with Gasteiger partial charge in [0, 0.05) is 25.0 Å². The van der Waals surface area contributed by atoms with E-state index in [2.05, 4.69) is 29.6 Å². The first kappa shape index (κ1) is 13.6. The summed E-state index contributed by atoms with van der Waals surface area (Å²) in [6, 6.07) is 10.5. The highest BCUT2D eigenvalue weighted by Crippen LogP contribution is 2.47. The Morgan fingerprint density at radius 3 is 2.75 bits per heavy atom. The molecule has 0 bridgehead atoms. The van der Waals surface area contributed by atoms with Crippen molar-refractivity contribution >= 4 is 5.91 Å². The zero-order valence-electron chi connectivity index (χ0n) is 11.9. The molecule has 0 aromatic heterocycles. The summed E-state index contributed by atoms with van der Waals surface area (Å²) >= 11 is 0. The average molecular weight is 273 g/mol. The standard InChI is InChI=1S/C17H23NO2/c19-16(9-8-15-7-4-12-20-15)18-13-17(10-11-17)14-5-2-1-3-6-14/h1-3,5-6,15H,4,7-13H2,(H,18,19)/t15-/m1/s1. The summed E-state index contributed by atoms with van der Waals surface area (Å²) in [7, 11) is 0. The van der Waals surface area contributed by atoms with Crippen LogP contribution in [0.4, 0.5) is 0 Å². The van der Waals surface area contributed by atoms with E-state index < -0.39 is 0 Å². The highest BCUT2D eigenvalue weighted by Gasteiger charge is 2.44. The molecule has 1 N–H and O–H groups in total. The molecule has 1 aromatic rings. The van der Waals surface area contributed by atoms with E-state index >= 15 is 0 Å². The Morgan fingerprint density at radius 2 is 2.10 bits per heavy atom. The van der Waals surface area contributed by atoms with E-state index in [-0.39, 0.29) is 11.3 Å². The first-order valence-electron chi connectivity index (χ1n) is 7.72. The SMILES string of the molecule is O=C(CC[C@H]1CCCO1)NCC1(c2ccccc2)CC1. The molecule has 108 valence electrons. The average Bonchev–Trinajstić information content (AvgIpc) is 3.11. The van der Waals surface area contributed by atoms with Crippen LogP contribution >= 0.6 is 0 Å². The number of benzene rings is 1. The van der Waals surface area contributed by atoms with Gasteiger partial charge in [-0.15, -0.1) is 0 Å². The van der Waals surface area contributed by atoms with Crippen LogP contribution < -0.4 is 5.32 Å². The molecular weight excluding hydrogens is 250 g/mol. The maximum atomic E-state index is 11.9. The van der Waals surface area contributed by atoms with Crippen molar-refractivity contribution in [2.24, 2.45) is 0 Å². The zero-order valence-corrected chi connectivity index (χ0v) is 11.9. The number of rotatable bonds is 6. The Balaban J connectivity index is 1.43. The van der Waals surface area contributed by atoms with E-state index in [0.717, 1.165) is 32.4 Å². The second-order valence-electron chi connectivity index (χ2n) is 6.10. The first-order chi connectivity index (χ1) is 9.78. The van der Waals surface area contributed by atoms with E-state index in [0.29, 0.717) is 12.5 Å². The normalized spacial score (nSPS) is 23.5. The molecule has 20 heavy (non-hydrogen) atoms. The van der Waals surface area contributed by atoms with Crippen LogP contribution in [0.25, 0.3) is 0 Å². The van der Waals surface area contributed by atoms with Crippen LogP contribution in [0.1, 0.15) is 44.1 Å². The van der Waals surface area contributed by atoms with Gasteiger partial charge in [0.1, 0.15) is 0 Å². The van der Waals surface area contributed by atoms with Gasteiger partial charge in [0.15, 0.2) is 0 Å². The number of hydrogen-bond acceptors (Lipinski definition) is 2. The summed E-state index contributed by atoms with van der Waals surface area (Å²) in [5, 5.41) is 3.11. The Kier molecular flexibility index (Phi) is 4.06. The number of amides is 1. The second-order valence-corrected chi connectivity index (χ2v) is 6.10. The van der Waals surface area contributed by atoms with Gasteiger partial charge in [-0.05, 0) is 37.7 Å². The summed E-state index contributed by atoms with van der Waals surface area (Å²) in [4.78, 5) is 11.9. The lowest BCUT2D eigenvalue weighted by molar-refractivity contribution is -0.121. The Bertz CT molecular complexity index is 447. The molecule has 2 fully saturated rings. The number of ether oxygens (including phenoxy) is 1. The van der Waals surface area contributed by atoms with Gasteiger partial charge in [-0.1, -0.05) is 30.3 Å². The van der Waals surface area contributed by atoms with Gasteiger partial charge < -0.3 is 10.1 Å². The lowest BCUT2D eigenvalue weighted by atomic mass is 9.96. The van der Waals surface area contributed by atoms with Crippen LogP contribution in [-0.4, -0.2) is 25.2 Å². The molecule has 2 aliphatic rings. The number of carbonyl (C=O) groups is 1. The molecule has 3 rings (SSSR count). The molecule has 3 nitrogen and oxygen atoms in total. The smallest absolute Gasteiger partial charge is 0.220 e. The summed E-state index contributed by atoms with van der Waals surface area (Å²) in [6.45, 7) is 1.64. The van der Waals surface area contributed by atoms with E-state index in [1.165, 1.54) is 18.4 Å². The fourth-order valence-electron chi connectivity index (χ4n) is 3.03. The van der Waals surface area contributed by atoms with Crippen LogP contribution in [0.5, 0.6) is 0 Å². The molecule has 1 heterocycles. The van der Waals surface area contributed by atoms with Gasteiger partial charge in [-0.25, -0.2) is 0 Å². The van der Waals surface area contributed by atoms with Crippen LogP contribution in [0.2, 0.25) is 0 Å². The Hall–Kier alpha value is -1.35. The third-order valence-electron chi connectivity index (χ3n) is 4.58. The van der Waals surface area contributed by atoms with Crippen molar-refractivity contribution in [2.75, 3.05) is 13.2 Å². The topological polar surface area (TPSA) is 38.3 Å². The molecule has 3 heteroatoms.